The third kappa shape index (κ3) is 2.20. The summed E-state index contributed by atoms with van der Waals surface area (Å²) in [6.07, 6.45) is 7.15. The highest BCUT2D eigenvalue weighted by Crippen LogP contribution is 2.17. The molecule has 0 saturated carbocycles. The molecule has 0 aromatic carbocycles. The van der Waals surface area contributed by atoms with Gasteiger partial charge in [0, 0.05) is 19.1 Å². The fourth-order valence-corrected chi connectivity index (χ4v) is 1.59. The van der Waals surface area contributed by atoms with Crippen LogP contribution in [0.2, 0.25) is 0 Å². The minimum atomic E-state index is -0.0123. The third-order valence-electron chi connectivity index (χ3n) is 2.34. The number of rotatable bonds is 2. The van der Waals surface area contributed by atoms with E-state index < -0.39 is 0 Å². The topological polar surface area (TPSA) is 44.7 Å². The molecule has 2 rings (SSSR count). The Morgan fingerprint density at radius 1 is 1.56 bits per heavy atom. The number of carbonyl (C=O) groups is 1. The highest BCUT2D eigenvalue weighted by molar-refractivity contribution is 5.98. The summed E-state index contributed by atoms with van der Waals surface area (Å²) in [5.74, 6) is 5.86. The van der Waals surface area contributed by atoms with Crippen LogP contribution in [0.3, 0.4) is 0 Å². The summed E-state index contributed by atoms with van der Waals surface area (Å²) in [5.41, 5.74) is 4.43. The molecule has 0 fully saturated rings. The smallest absolute Gasteiger partial charge is 0.170 e. The first-order valence-electron chi connectivity index (χ1n) is 5.23. The van der Waals surface area contributed by atoms with E-state index in [0.717, 1.165) is 5.70 Å². The fraction of sp³-hybridized carbons (Fsp3) is 0.333. The van der Waals surface area contributed by atoms with E-state index in [4.69, 9.17) is 0 Å². The van der Waals surface area contributed by atoms with Crippen molar-refractivity contribution in [2.24, 2.45) is 5.10 Å². The number of nitrogens with zero attached hydrogens (tertiary/aromatic N) is 2. The number of hydrogen-bond donors (Lipinski definition) is 1. The van der Waals surface area contributed by atoms with Crippen LogP contribution in [0.5, 0.6) is 0 Å². The molecule has 0 spiro atoms. The van der Waals surface area contributed by atoms with Crippen molar-refractivity contribution in [1.82, 2.24) is 10.5 Å². The van der Waals surface area contributed by atoms with Crippen LogP contribution in [0.15, 0.2) is 28.5 Å². The van der Waals surface area contributed by atoms with Crippen LogP contribution >= 0.6 is 0 Å². The highest BCUT2D eigenvalue weighted by Gasteiger charge is 2.17. The van der Waals surface area contributed by atoms with Gasteiger partial charge in [-0.1, -0.05) is 24.0 Å². The number of hydrazone groups is 1. The average Bonchev–Trinajstić information content (AvgIpc) is 2.69. The Hall–Kier alpha value is -1.86. The monoisotopic (exact) mass is 215 g/mol. The van der Waals surface area contributed by atoms with Crippen molar-refractivity contribution in [3.8, 4) is 11.8 Å². The zero-order chi connectivity index (χ0) is 11.4. The average molecular weight is 215 g/mol. The Kier molecular flexibility index (Phi) is 3.18. The number of ketones is 1. The zero-order valence-electron chi connectivity index (χ0n) is 9.16. The van der Waals surface area contributed by atoms with Gasteiger partial charge in [-0.3, -0.25) is 4.79 Å². The number of Topliss-reactive ketones (excluding diaryl/α,β-unsaturated/α-hetero) is 1. The van der Waals surface area contributed by atoms with Gasteiger partial charge in [-0.25, -0.2) is 5.43 Å². The first kappa shape index (κ1) is 10.7. The van der Waals surface area contributed by atoms with Crippen molar-refractivity contribution < 1.29 is 4.79 Å². The molecule has 1 heterocycles. The molecule has 0 aromatic heterocycles. The van der Waals surface area contributed by atoms with Gasteiger partial charge in [0.05, 0.1) is 17.8 Å². The van der Waals surface area contributed by atoms with Crippen LogP contribution in [0.25, 0.3) is 0 Å². The van der Waals surface area contributed by atoms with Crippen molar-refractivity contribution in [1.29, 1.82) is 0 Å². The van der Waals surface area contributed by atoms with Crippen molar-refractivity contribution in [2.75, 3.05) is 6.54 Å². The summed E-state index contributed by atoms with van der Waals surface area (Å²) in [5, 5.41) is 5.79. The molecule has 1 N–H and O–H groups in total. The predicted molar refractivity (Wildman–Crippen MR) is 62.2 cm³/mol. The van der Waals surface area contributed by atoms with E-state index in [2.05, 4.69) is 22.4 Å². The van der Waals surface area contributed by atoms with Crippen molar-refractivity contribution in [2.45, 2.75) is 19.8 Å². The second-order valence-corrected chi connectivity index (χ2v) is 3.53. The minimum Gasteiger partial charge on any atom is -0.294 e. The molecular formula is C12H13N3O. The lowest BCUT2D eigenvalue weighted by atomic mass is 10.1. The second kappa shape index (κ2) is 4.77. The van der Waals surface area contributed by atoms with Crippen molar-refractivity contribution >= 4 is 12.0 Å². The first-order valence-corrected chi connectivity index (χ1v) is 5.23. The van der Waals surface area contributed by atoms with E-state index >= 15 is 0 Å². The van der Waals surface area contributed by atoms with Crippen molar-refractivity contribution in [3.63, 3.8) is 0 Å². The number of allylic oxidation sites excluding steroid dienone is 3. The summed E-state index contributed by atoms with van der Waals surface area (Å²) in [4.78, 5) is 11.5. The van der Waals surface area contributed by atoms with Crippen LogP contribution in [-0.4, -0.2) is 23.7 Å². The van der Waals surface area contributed by atoms with Gasteiger partial charge in [-0.15, -0.1) is 0 Å². The lowest BCUT2D eigenvalue weighted by Crippen LogP contribution is -2.29. The lowest BCUT2D eigenvalue weighted by Gasteiger charge is -2.18. The second-order valence-electron chi connectivity index (χ2n) is 3.53. The van der Waals surface area contributed by atoms with Crippen LogP contribution in [-0.2, 0) is 4.79 Å². The number of hydrogen-bond acceptors (Lipinski definition) is 4. The van der Waals surface area contributed by atoms with Gasteiger partial charge in [0.2, 0.25) is 0 Å². The normalized spacial score (nSPS) is 19.2. The van der Waals surface area contributed by atoms with E-state index in [0.29, 0.717) is 25.0 Å². The minimum absolute atomic E-state index is 0.0123. The molecule has 16 heavy (non-hydrogen) atoms. The summed E-state index contributed by atoms with van der Waals surface area (Å²) in [6, 6.07) is 0. The van der Waals surface area contributed by atoms with Crippen LogP contribution in [0.1, 0.15) is 19.8 Å². The van der Waals surface area contributed by atoms with Crippen molar-refractivity contribution in [3.05, 3.63) is 23.4 Å². The van der Waals surface area contributed by atoms with E-state index in [-0.39, 0.29) is 5.78 Å². The molecule has 0 unspecified atom stereocenters. The predicted octanol–water partition coefficient (Wildman–Crippen LogP) is 0.989. The van der Waals surface area contributed by atoms with Gasteiger partial charge >= 0.3 is 0 Å². The Morgan fingerprint density at radius 3 is 3.12 bits per heavy atom. The van der Waals surface area contributed by atoms with Crippen LogP contribution in [0.4, 0.5) is 0 Å². The maximum atomic E-state index is 11.5. The van der Waals surface area contributed by atoms with E-state index in [9.17, 15) is 4.79 Å². The maximum Gasteiger partial charge on any atom is 0.170 e. The van der Waals surface area contributed by atoms with E-state index in [1.54, 1.807) is 11.3 Å². The Labute approximate surface area is 94.7 Å². The molecule has 0 amide bonds. The van der Waals surface area contributed by atoms with E-state index in [1.165, 1.54) is 6.92 Å². The summed E-state index contributed by atoms with van der Waals surface area (Å²) in [6.45, 7) is 2.22. The van der Waals surface area contributed by atoms with Gasteiger partial charge in [0.25, 0.3) is 0 Å². The van der Waals surface area contributed by atoms with Crippen LogP contribution in [0, 0.1) is 11.8 Å². The van der Waals surface area contributed by atoms with Gasteiger partial charge in [-0.05, 0) is 6.92 Å². The van der Waals surface area contributed by atoms with Gasteiger partial charge in [0.15, 0.2) is 5.78 Å². The fourth-order valence-electron chi connectivity index (χ4n) is 1.59. The van der Waals surface area contributed by atoms with Crippen LogP contribution < -0.4 is 5.43 Å². The first-order chi connectivity index (χ1) is 7.79. The van der Waals surface area contributed by atoms with E-state index in [1.807, 2.05) is 12.2 Å². The quantitative estimate of drug-likeness (QED) is 0.552. The van der Waals surface area contributed by atoms with Gasteiger partial charge in [-0.2, -0.15) is 10.2 Å². The lowest BCUT2D eigenvalue weighted by molar-refractivity contribution is -0.113. The molecule has 0 radical (unpaired) electrons. The molecule has 0 bridgehead atoms. The molecule has 4 heteroatoms. The van der Waals surface area contributed by atoms with Gasteiger partial charge < -0.3 is 0 Å². The molecule has 0 atom stereocenters. The standard InChI is InChI=1S/C12H13N3O/c1-10(16)11-6-4-2-3-5-7-12(11)15-13-8-9-14-15/h3,5,8,14H,2,7,9H2,1H3. The third-order valence-corrected chi connectivity index (χ3v) is 2.34. The molecular weight excluding hydrogens is 202 g/mol. The molecule has 2 aliphatic rings. The zero-order valence-corrected chi connectivity index (χ0v) is 9.16. The highest BCUT2D eigenvalue weighted by atomic mass is 16.1. The summed E-state index contributed by atoms with van der Waals surface area (Å²) < 4.78 is 0. The molecule has 4 nitrogen and oxygen atoms in total. The SMILES string of the molecule is CC(=O)C1=C(N2N=CCN2)CC=CCC#C1. The molecule has 0 aromatic rings. The molecule has 82 valence electrons. The summed E-state index contributed by atoms with van der Waals surface area (Å²) in [7, 11) is 0. The number of carbonyl (C=O) groups excluding carboxylic acids is 1. The molecule has 0 saturated heterocycles. The Morgan fingerprint density at radius 2 is 2.44 bits per heavy atom. The Balaban J connectivity index is 2.41. The van der Waals surface area contributed by atoms with Gasteiger partial charge in [0.1, 0.15) is 0 Å². The Bertz CT molecular complexity index is 449. The number of hydrazine groups is 1. The summed E-state index contributed by atoms with van der Waals surface area (Å²) >= 11 is 0. The number of nitrogens with one attached hydrogen (secondary N) is 1. The molecule has 1 aliphatic heterocycles. The molecule has 1 aliphatic carbocycles. The largest absolute Gasteiger partial charge is 0.294 e. The maximum absolute atomic E-state index is 11.5.